The normalized spacial score (nSPS) is 18.7. The fourth-order valence-corrected chi connectivity index (χ4v) is 5.20. The van der Waals surface area contributed by atoms with Gasteiger partial charge in [0.1, 0.15) is 0 Å². The molecule has 0 aromatic carbocycles. The highest BCUT2D eigenvalue weighted by molar-refractivity contribution is 5.97. The predicted octanol–water partition coefficient (Wildman–Crippen LogP) is 5.81. The summed E-state index contributed by atoms with van der Waals surface area (Å²) in [4.78, 5) is 17.8. The molecule has 0 spiro atoms. The maximum absolute atomic E-state index is 13.2. The molecule has 4 nitrogen and oxygen atoms in total. The van der Waals surface area contributed by atoms with Crippen LogP contribution in [0.25, 0.3) is 11.4 Å². The molecule has 2 fully saturated rings. The second kappa shape index (κ2) is 9.15. The van der Waals surface area contributed by atoms with Gasteiger partial charge in [0, 0.05) is 24.5 Å². The number of carbonyl (C=O) groups excluding carboxylic acids is 1. The van der Waals surface area contributed by atoms with E-state index >= 15 is 0 Å². The third-order valence-electron chi connectivity index (χ3n) is 6.97. The number of nitrogens with one attached hydrogen (secondary N) is 1. The minimum Gasteiger partial charge on any atom is -0.349 e. The van der Waals surface area contributed by atoms with Crippen molar-refractivity contribution in [2.24, 2.45) is 5.92 Å². The molecular weight excluding hydrogens is 358 g/mol. The Balaban J connectivity index is 1.65. The van der Waals surface area contributed by atoms with Crippen LogP contribution < -0.4 is 5.32 Å². The molecule has 0 unspecified atom stereocenters. The van der Waals surface area contributed by atoms with Gasteiger partial charge >= 0.3 is 0 Å². The molecule has 1 amide bonds. The molecule has 0 aliphatic heterocycles. The first-order valence-electron chi connectivity index (χ1n) is 11.6. The number of hydrogen-bond acceptors (Lipinski definition) is 2. The molecule has 2 aromatic heterocycles. The third-order valence-corrected chi connectivity index (χ3v) is 6.97. The lowest BCUT2D eigenvalue weighted by molar-refractivity contribution is 0.0927. The van der Waals surface area contributed by atoms with Gasteiger partial charge in [-0.3, -0.25) is 9.78 Å². The standard InChI is InChI=1S/C25H35N3O/c1-18-10-9-15-26-24(18)23-16-22(25(29)27-21-13-7-4-8-14-21)19(2)28(23)17-20-11-5-3-6-12-20/h9-10,15-16,20-21H,3-8,11-14,17H2,1-2H3,(H,27,29). The van der Waals surface area contributed by atoms with E-state index in [1.54, 1.807) is 0 Å². The Hall–Kier alpha value is -2.10. The highest BCUT2D eigenvalue weighted by Gasteiger charge is 2.24. The Bertz CT molecular complexity index is 842. The number of nitrogens with zero attached hydrogens (tertiary/aromatic N) is 2. The first kappa shape index (κ1) is 20.2. The summed E-state index contributed by atoms with van der Waals surface area (Å²) in [7, 11) is 0. The van der Waals surface area contributed by atoms with Crippen molar-refractivity contribution in [3.05, 3.63) is 41.2 Å². The number of rotatable bonds is 5. The SMILES string of the molecule is Cc1cccnc1-c1cc(C(=O)NC2CCCCC2)c(C)n1CC1CCCCC1. The Labute approximate surface area is 175 Å². The fraction of sp³-hybridized carbons (Fsp3) is 0.600. The monoisotopic (exact) mass is 393 g/mol. The van der Waals surface area contributed by atoms with Gasteiger partial charge in [-0.25, -0.2) is 0 Å². The van der Waals surface area contributed by atoms with E-state index in [1.165, 1.54) is 51.4 Å². The van der Waals surface area contributed by atoms with Crippen LogP contribution in [0.1, 0.15) is 85.8 Å². The van der Waals surface area contributed by atoms with Crippen LogP contribution in [0.4, 0.5) is 0 Å². The summed E-state index contributed by atoms with van der Waals surface area (Å²) in [6.07, 6.45) is 14.4. The molecule has 2 aliphatic carbocycles. The molecule has 2 aliphatic rings. The van der Waals surface area contributed by atoms with Crippen molar-refractivity contribution in [2.45, 2.75) is 90.6 Å². The number of aromatic nitrogens is 2. The molecule has 0 atom stereocenters. The van der Waals surface area contributed by atoms with E-state index in [9.17, 15) is 4.79 Å². The first-order chi connectivity index (χ1) is 14.1. The van der Waals surface area contributed by atoms with Gasteiger partial charge in [0.2, 0.25) is 0 Å². The number of carbonyl (C=O) groups is 1. The van der Waals surface area contributed by atoms with Crippen LogP contribution in [0.5, 0.6) is 0 Å². The van der Waals surface area contributed by atoms with Crippen molar-refractivity contribution in [2.75, 3.05) is 0 Å². The molecule has 2 aromatic rings. The van der Waals surface area contributed by atoms with Gasteiger partial charge < -0.3 is 9.88 Å². The Morgan fingerprint density at radius 3 is 2.45 bits per heavy atom. The van der Waals surface area contributed by atoms with Crippen LogP contribution in [-0.4, -0.2) is 21.5 Å². The average Bonchev–Trinajstić information content (AvgIpc) is 3.06. The van der Waals surface area contributed by atoms with Crippen LogP contribution in [0.2, 0.25) is 0 Å². The smallest absolute Gasteiger partial charge is 0.253 e. The summed E-state index contributed by atoms with van der Waals surface area (Å²) in [5.41, 5.74) is 5.17. The van der Waals surface area contributed by atoms with Crippen LogP contribution in [-0.2, 0) is 6.54 Å². The molecular formula is C25H35N3O. The predicted molar refractivity (Wildman–Crippen MR) is 118 cm³/mol. The van der Waals surface area contributed by atoms with Crippen LogP contribution in [0.3, 0.4) is 0 Å². The van der Waals surface area contributed by atoms with Gasteiger partial charge in [-0.05, 0) is 63.1 Å². The van der Waals surface area contributed by atoms with E-state index in [2.05, 4.69) is 40.8 Å². The van der Waals surface area contributed by atoms with E-state index in [0.29, 0.717) is 12.0 Å². The Morgan fingerprint density at radius 1 is 1.07 bits per heavy atom. The highest BCUT2D eigenvalue weighted by Crippen LogP contribution is 2.32. The molecule has 0 bridgehead atoms. The first-order valence-corrected chi connectivity index (χ1v) is 11.6. The summed E-state index contributed by atoms with van der Waals surface area (Å²) >= 11 is 0. The quantitative estimate of drug-likeness (QED) is 0.697. The lowest BCUT2D eigenvalue weighted by Crippen LogP contribution is -2.36. The summed E-state index contributed by atoms with van der Waals surface area (Å²) in [6, 6.07) is 6.51. The second-order valence-corrected chi connectivity index (χ2v) is 9.12. The van der Waals surface area contributed by atoms with Crippen molar-refractivity contribution in [3.63, 3.8) is 0 Å². The molecule has 4 heteroatoms. The summed E-state index contributed by atoms with van der Waals surface area (Å²) in [5.74, 6) is 0.790. The lowest BCUT2D eigenvalue weighted by Gasteiger charge is -2.24. The van der Waals surface area contributed by atoms with Crippen LogP contribution in [0.15, 0.2) is 24.4 Å². The number of hydrogen-bond donors (Lipinski definition) is 1. The largest absolute Gasteiger partial charge is 0.349 e. The molecule has 0 radical (unpaired) electrons. The molecule has 4 rings (SSSR count). The van der Waals surface area contributed by atoms with Crippen molar-refractivity contribution < 1.29 is 4.79 Å². The Morgan fingerprint density at radius 2 is 1.76 bits per heavy atom. The maximum Gasteiger partial charge on any atom is 0.253 e. The summed E-state index contributed by atoms with van der Waals surface area (Å²) in [6.45, 7) is 5.21. The van der Waals surface area contributed by atoms with Gasteiger partial charge in [-0.15, -0.1) is 0 Å². The van der Waals surface area contributed by atoms with Gasteiger partial charge in [0.05, 0.1) is 17.0 Å². The zero-order chi connectivity index (χ0) is 20.2. The van der Waals surface area contributed by atoms with E-state index in [0.717, 1.165) is 47.6 Å². The minimum atomic E-state index is 0.0895. The van der Waals surface area contributed by atoms with E-state index in [4.69, 9.17) is 0 Å². The fourth-order valence-electron chi connectivity index (χ4n) is 5.20. The molecule has 2 heterocycles. The van der Waals surface area contributed by atoms with Gasteiger partial charge in [-0.2, -0.15) is 0 Å². The van der Waals surface area contributed by atoms with Crippen molar-refractivity contribution in [3.8, 4) is 11.4 Å². The van der Waals surface area contributed by atoms with Crippen molar-refractivity contribution >= 4 is 5.91 Å². The molecule has 156 valence electrons. The van der Waals surface area contributed by atoms with Gasteiger partial charge in [-0.1, -0.05) is 44.6 Å². The molecule has 29 heavy (non-hydrogen) atoms. The lowest BCUT2D eigenvalue weighted by atomic mass is 9.89. The zero-order valence-electron chi connectivity index (χ0n) is 18.0. The summed E-state index contributed by atoms with van der Waals surface area (Å²) in [5, 5.41) is 3.31. The maximum atomic E-state index is 13.2. The topological polar surface area (TPSA) is 46.9 Å². The van der Waals surface area contributed by atoms with Crippen LogP contribution >= 0.6 is 0 Å². The van der Waals surface area contributed by atoms with Crippen LogP contribution in [0, 0.1) is 19.8 Å². The number of aryl methyl sites for hydroxylation is 1. The molecule has 0 saturated heterocycles. The van der Waals surface area contributed by atoms with Gasteiger partial charge in [0.25, 0.3) is 5.91 Å². The third kappa shape index (κ3) is 4.57. The van der Waals surface area contributed by atoms with E-state index < -0.39 is 0 Å². The number of pyridine rings is 1. The number of amides is 1. The highest BCUT2D eigenvalue weighted by atomic mass is 16.1. The van der Waals surface area contributed by atoms with Crippen molar-refractivity contribution in [1.82, 2.24) is 14.9 Å². The van der Waals surface area contributed by atoms with E-state index in [1.807, 2.05) is 12.3 Å². The molecule has 1 N–H and O–H groups in total. The average molecular weight is 394 g/mol. The zero-order valence-corrected chi connectivity index (χ0v) is 18.0. The van der Waals surface area contributed by atoms with Crippen molar-refractivity contribution in [1.29, 1.82) is 0 Å². The Kier molecular flexibility index (Phi) is 6.37. The molecule has 2 saturated carbocycles. The van der Waals surface area contributed by atoms with E-state index in [-0.39, 0.29) is 5.91 Å². The second-order valence-electron chi connectivity index (χ2n) is 9.12. The summed E-state index contributed by atoms with van der Waals surface area (Å²) < 4.78 is 2.38. The minimum absolute atomic E-state index is 0.0895. The van der Waals surface area contributed by atoms with Gasteiger partial charge in [0.15, 0.2) is 0 Å².